The average Bonchev–Trinajstić information content (AvgIpc) is 2.49. The van der Waals surface area contributed by atoms with E-state index in [0.717, 1.165) is 4.47 Å². The topological polar surface area (TPSA) is 70.2 Å². The van der Waals surface area contributed by atoms with Crippen molar-refractivity contribution in [3.63, 3.8) is 0 Å². The smallest absolute Gasteiger partial charge is 0.261 e. The molecule has 0 amide bonds. The van der Waals surface area contributed by atoms with Crippen molar-refractivity contribution in [3.8, 4) is 0 Å². The zero-order valence-corrected chi connectivity index (χ0v) is 14.8. The molecule has 0 bridgehead atoms. The van der Waals surface area contributed by atoms with E-state index < -0.39 is 10.0 Å². The SMILES string of the molecule is CNC(=S)Nc1cccc(S(=O)(=O)Nc2ccc(Br)cc2)c1. The fourth-order valence-electron chi connectivity index (χ4n) is 1.67. The summed E-state index contributed by atoms with van der Waals surface area (Å²) in [5.74, 6) is 0. The van der Waals surface area contributed by atoms with E-state index in [1.165, 1.54) is 12.1 Å². The Hall–Kier alpha value is -1.64. The summed E-state index contributed by atoms with van der Waals surface area (Å²) in [4.78, 5) is 0.152. The second-order valence-electron chi connectivity index (χ2n) is 4.34. The minimum atomic E-state index is -3.66. The molecule has 0 atom stereocenters. The lowest BCUT2D eigenvalue weighted by Crippen LogP contribution is -2.24. The van der Waals surface area contributed by atoms with Crippen molar-refractivity contribution in [3.05, 3.63) is 53.0 Å². The fraction of sp³-hybridized carbons (Fsp3) is 0.0714. The highest BCUT2D eigenvalue weighted by molar-refractivity contribution is 9.10. The van der Waals surface area contributed by atoms with Gasteiger partial charge in [0.25, 0.3) is 10.0 Å². The van der Waals surface area contributed by atoms with E-state index in [1.54, 1.807) is 43.4 Å². The van der Waals surface area contributed by atoms with Crippen LogP contribution in [0.3, 0.4) is 0 Å². The van der Waals surface area contributed by atoms with Gasteiger partial charge in [-0.05, 0) is 54.7 Å². The molecule has 0 fully saturated rings. The van der Waals surface area contributed by atoms with E-state index in [0.29, 0.717) is 16.5 Å². The lowest BCUT2D eigenvalue weighted by atomic mass is 10.3. The van der Waals surface area contributed by atoms with Crippen molar-refractivity contribution in [1.29, 1.82) is 0 Å². The molecule has 0 aliphatic heterocycles. The molecule has 2 aromatic rings. The van der Waals surface area contributed by atoms with Crippen LogP contribution in [0.1, 0.15) is 0 Å². The normalized spacial score (nSPS) is 10.8. The van der Waals surface area contributed by atoms with Crippen molar-refractivity contribution < 1.29 is 8.42 Å². The van der Waals surface area contributed by atoms with Crippen LogP contribution in [-0.2, 0) is 10.0 Å². The molecule has 116 valence electrons. The number of rotatable bonds is 4. The first-order valence-electron chi connectivity index (χ1n) is 6.28. The highest BCUT2D eigenvalue weighted by Crippen LogP contribution is 2.20. The van der Waals surface area contributed by atoms with Gasteiger partial charge in [-0.25, -0.2) is 8.42 Å². The molecule has 0 aliphatic carbocycles. The van der Waals surface area contributed by atoms with Crippen molar-refractivity contribution in [1.82, 2.24) is 5.32 Å². The molecule has 0 radical (unpaired) electrons. The molecule has 0 aliphatic rings. The summed E-state index contributed by atoms with van der Waals surface area (Å²) in [6.45, 7) is 0. The van der Waals surface area contributed by atoms with E-state index >= 15 is 0 Å². The Labute approximate surface area is 143 Å². The summed E-state index contributed by atoms with van der Waals surface area (Å²) in [7, 11) is -1.97. The zero-order chi connectivity index (χ0) is 16.2. The lowest BCUT2D eigenvalue weighted by Gasteiger charge is -2.11. The van der Waals surface area contributed by atoms with E-state index in [-0.39, 0.29) is 4.90 Å². The Morgan fingerprint density at radius 1 is 1.09 bits per heavy atom. The Morgan fingerprint density at radius 3 is 2.41 bits per heavy atom. The molecule has 8 heteroatoms. The Balaban J connectivity index is 2.23. The van der Waals surface area contributed by atoms with Gasteiger partial charge in [-0.2, -0.15) is 0 Å². The van der Waals surface area contributed by atoms with Crippen LogP contribution in [0.5, 0.6) is 0 Å². The monoisotopic (exact) mass is 399 g/mol. The van der Waals surface area contributed by atoms with Crippen molar-refractivity contribution in [2.45, 2.75) is 4.90 Å². The van der Waals surface area contributed by atoms with Crippen molar-refractivity contribution in [2.75, 3.05) is 17.1 Å². The Kier molecular flexibility index (Phi) is 5.38. The third kappa shape index (κ3) is 4.43. The molecule has 2 rings (SSSR count). The van der Waals surface area contributed by atoms with Crippen molar-refractivity contribution in [2.24, 2.45) is 0 Å². The Morgan fingerprint density at radius 2 is 1.77 bits per heavy atom. The minimum Gasteiger partial charge on any atom is -0.366 e. The maximum atomic E-state index is 12.4. The van der Waals surface area contributed by atoms with E-state index in [1.807, 2.05) is 0 Å². The molecule has 0 spiro atoms. The van der Waals surface area contributed by atoms with Gasteiger partial charge < -0.3 is 10.6 Å². The second kappa shape index (κ2) is 7.08. The van der Waals surface area contributed by atoms with Crippen LogP contribution in [0, 0.1) is 0 Å². The molecular formula is C14H14BrN3O2S2. The fourth-order valence-corrected chi connectivity index (χ4v) is 3.15. The predicted molar refractivity (Wildman–Crippen MR) is 96.7 cm³/mol. The molecule has 3 N–H and O–H groups in total. The van der Waals surface area contributed by atoms with Crippen LogP contribution in [0.4, 0.5) is 11.4 Å². The minimum absolute atomic E-state index is 0.152. The van der Waals surface area contributed by atoms with Gasteiger partial charge in [-0.3, -0.25) is 4.72 Å². The molecule has 5 nitrogen and oxygen atoms in total. The number of hydrogen-bond acceptors (Lipinski definition) is 3. The van der Waals surface area contributed by atoms with Crippen LogP contribution in [0.15, 0.2) is 57.9 Å². The van der Waals surface area contributed by atoms with Crippen LogP contribution < -0.4 is 15.4 Å². The average molecular weight is 400 g/mol. The quantitative estimate of drug-likeness (QED) is 0.688. The molecule has 0 unspecified atom stereocenters. The summed E-state index contributed by atoms with van der Waals surface area (Å²) >= 11 is 8.30. The number of benzene rings is 2. The van der Waals surface area contributed by atoms with Crippen LogP contribution in [-0.4, -0.2) is 20.6 Å². The molecular weight excluding hydrogens is 386 g/mol. The summed E-state index contributed by atoms with van der Waals surface area (Å²) in [5.41, 5.74) is 1.09. The first-order chi connectivity index (χ1) is 10.4. The maximum Gasteiger partial charge on any atom is 0.261 e. The van der Waals surface area contributed by atoms with Crippen LogP contribution >= 0.6 is 28.1 Å². The zero-order valence-electron chi connectivity index (χ0n) is 11.6. The van der Waals surface area contributed by atoms with Gasteiger partial charge in [0.1, 0.15) is 0 Å². The number of thiocarbonyl (C=S) groups is 1. The molecule has 2 aromatic carbocycles. The summed E-state index contributed by atoms with van der Waals surface area (Å²) < 4.78 is 28.2. The predicted octanol–water partition coefficient (Wildman–Crippen LogP) is 3.17. The highest BCUT2D eigenvalue weighted by atomic mass is 79.9. The third-order valence-corrected chi connectivity index (χ3v) is 4.94. The van der Waals surface area contributed by atoms with Gasteiger partial charge >= 0.3 is 0 Å². The number of halogens is 1. The summed E-state index contributed by atoms with van der Waals surface area (Å²) in [6.07, 6.45) is 0. The Bertz CT molecular complexity index is 777. The maximum absolute atomic E-state index is 12.4. The van der Waals surface area contributed by atoms with Gasteiger partial charge in [-0.15, -0.1) is 0 Å². The van der Waals surface area contributed by atoms with Gasteiger partial charge in [-0.1, -0.05) is 22.0 Å². The number of nitrogens with one attached hydrogen (secondary N) is 3. The number of hydrogen-bond donors (Lipinski definition) is 3. The molecule has 0 heterocycles. The van der Waals surface area contributed by atoms with Gasteiger partial charge in [0.2, 0.25) is 0 Å². The molecule has 0 aromatic heterocycles. The summed E-state index contributed by atoms with van der Waals surface area (Å²) in [5, 5.41) is 6.08. The largest absolute Gasteiger partial charge is 0.366 e. The second-order valence-corrected chi connectivity index (χ2v) is 7.35. The van der Waals surface area contributed by atoms with Crippen molar-refractivity contribution >= 4 is 54.7 Å². The molecule has 22 heavy (non-hydrogen) atoms. The third-order valence-electron chi connectivity index (χ3n) is 2.73. The van der Waals surface area contributed by atoms with Gasteiger partial charge in [0.15, 0.2) is 5.11 Å². The molecule has 0 saturated heterocycles. The number of sulfonamides is 1. The van der Waals surface area contributed by atoms with Gasteiger partial charge in [0, 0.05) is 22.9 Å². The first-order valence-corrected chi connectivity index (χ1v) is 8.96. The number of anilines is 2. The first kappa shape index (κ1) is 16.7. The molecule has 0 saturated carbocycles. The summed E-state index contributed by atoms with van der Waals surface area (Å²) in [6, 6.07) is 13.3. The highest BCUT2D eigenvalue weighted by Gasteiger charge is 2.14. The van der Waals surface area contributed by atoms with E-state index in [4.69, 9.17) is 12.2 Å². The lowest BCUT2D eigenvalue weighted by molar-refractivity contribution is 0.601. The van der Waals surface area contributed by atoms with E-state index in [9.17, 15) is 8.42 Å². The van der Waals surface area contributed by atoms with Crippen LogP contribution in [0.25, 0.3) is 0 Å². The van der Waals surface area contributed by atoms with Crippen LogP contribution in [0.2, 0.25) is 0 Å². The van der Waals surface area contributed by atoms with Gasteiger partial charge in [0.05, 0.1) is 4.90 Å². The standard InChI is InChI=1S/C14H14BrN3O2S2/c1-16-14(21)17-12-3-2-4-13(9-12)22(19,20)18-11-7-5-10(15)6-8-11/h2-9,18H,1H3,(H2,16,17,21). The van der Waals surface area contributed by atoms with E-state index in [2.05, 4.69) is 31.3 Å².